The van der Waals surface area contributed by atoms with Crippen LogP contribution in [0.25, 0.3) is 0 Å². The molecule has 0 aliphatic rings. The van der Waals surface area contributed by atoms with Crippen LogP contribution in [0.2, 0.25) is 0 Å². The third-order valence-corrected chi connectivity index (χ3v) is 4.94. The molecule has 0 aromatic heterocycles. The molecule has 0 fully saturated rings. The second-order valence-electron chi connectivity index (χ2n) is 6.79. The summed E-state index contributed by atoms with van der Waals surface area (Å²) in [5.74, 6) is -0.0519. The van der Waals surface area contributed by atoms with Gasteiger partial charge in [0.2, 0.25) is 0 Å². The molecule has 6 nitrogen and oxygen atoms in total. The van der Waals surface area contributed by atoms with E-state index in [-0.39, 0.29) is 23.7 Å². The lowest BCUT2D eigenvalue weighted by molar-refractivity contribution is 0.0693. The summed E-state index contributed by atoms with van der Waals surface area (Å²) in [6.45, 7) is 0.554. The number of rotatable bonds is 9. The van der Waals surface area contributed by atoms with Crippen molar-refractivity contribution in [2.45, 2.75) is 13.1 Å². The molecule has 162 valence electrons. The van der Waals surface area contributed by atoms with E-state index in [4.69, 9.17) is 14.2 Å². The number of nitrogens with zero attached hydrogens (tertiary/aromatic N) is 1. The predicted octanol–water partition coefficient (Wildman–Crippen LogP) is 4.76. The number of hydrogen-bond acceptors (Lipinski definition) is 5. The maximum atomic E-state index is 14.4. The minimum atomic E-state index is -1.11. The van der Waals surface area contributed by atoms with Crippen LogP contribution in [-0.2, 0) is 13.1 Å². The maximum Gasteiger partial charge on any atom is 0.339 e. The summed E-state index contributed by atoms with van der Waals surface area (Å²) in [6, 6.07) is 16.9. The number of carboxylic acid groups (broad SMARTS) is 1. The molecule has 0 unspecified atom stereocenters. The molecular formula is C24H24FNO5. The normalized spacial score (nSPS) is 10.5. The van der Waals surface area contributed by atoms with Gasteiger partial charge in [-0.2, -0.15) is 0 Å². The van der Waals surface area contributed by atoms with Gasteiger partial charge in [0.25, 0.3) is 0 Å². The van der Waals surface area contributed by atoms with E-state index in [9.17, 15) is 14.3 Å². The summed E-state index contributed by atoms with van der Waals surface area (Å²) in [5, 5.41) is 9.58. The molecule has 0 spiro atoms. The quantitative estimate of drug-likeness (QED) is 0.533. The molecule has 0 atom stereocenters. The summed E-state index contributed by atoms with van der Waals surface area (Å²) >= 11 is 0. The van der Waals surface area contributed by atoms with Gasteiger partial charge in [0, 0.05) is 29.9 Å². The SMILES string of the molecule is COc1ccc(N(Cc2ccccc2F)Cc2cccc(OC)c2OC)cc1C(=O)O. The lowest BCUT2D eigenvalue weighted by Crippen LogP contribution is -2.23. The van der Waals surface area contributed by atoms with Crippen molar-refractivity contribution in [2.75, 3.05) is 26.2 Å². The molecule has 3 aromatic carbocycles. The lowest BCUT2D eigenvalue weighted by Gasteiger charge is -2.27. The maximum absolute atomic E-state index is 14.4. The fraction of sp³-hybridized carbons (Fsp3) is 0.208. The Bertz CT molecular complexity index is 1070. The van der Waals surface area contributed by atoms with Crippen molar-refractivity contribution in [1.82, 2.24) is 0 Å². The Balaban J connectivity index is 2.07. The van der Waals surface area contributed by atoms with E-state index in [1.54, 1.807) is 50.6 Å². The molecule has 0 amide bonds. The highest BCUT2D eigenvalue weighted by Crippen LogP contribution is 2.34. The van der Waals surface area contributed by atoms with E-state index < -0.39 is 5.97 Å². The average Bonchev–Trinajstić information content (AvgIpc) is 2.79. The first-order valence-corrected chi connectivity index (χ1v) is 9.58. The molecule has 7 heteroatoms. The van der Waals surface area contributed by atoms with Crippen LogP contribution in [0.4, 0.5) is 10.1 Å². The average molecular weight is 425 g/mol. The van der Waals surface area contributed by atoms with Gasteiger partial charge in [-0.1, -0.05) is 30.3 Å². The fourth-order valence-corrected chi connectivity index (χ4v) is 3.41. The first-order chi connectivity index (χ1) is 15.0. The topological polar surface area (TPSA) is 68.2 Å². The molecule has 31 heavy (non-hydrogen) atoms. The van der Waals surface area contributed by atoms with Gasteiger partial charge in [-0.05, 0) is 30.3 Å². The van der Waals surface area contributed by atoms with Gasteiger partial charge in [-0.25, -0.2) is 9.18 Å². The molecule has 0 radical (unpaired) electrons. The van der Waals surface area contributed by atoms with Gasteiger partial charge < -0.3 is 24.2 Å². The Kier molecular flexibility index (Phi) is 6.97. The van der Waals surface area contributed by atoms with E-state index in [0.717, 1.165) is 5.56 Å². The van der Waals surface area contributed by atoms with Crippen LogP contribution in [0.5, 0.6) is 17.2 Å². The van der Waals surface area contributed by atoms with E-state index in [1.165, 1.54) is 19.2 Å². The third-order valence-electron chi connectivity index (χ3n) is 4.94. The highest BCUT2D eigenvalue weighted by atomic mass is 19.1. The van der Waals surface area contributed by atoms with Crippen LogP contribution in [0.15, 0.2) is 60.7 Å². The zero-order valence-electron chi connectivity index (χ0n) is 17.6. The molecule has 0 aliphatic carbocycles. The third kappa shape index (κ3) is 4.88. The molecule has 0 heterocycles. The first-order valence-electron chi connectivity index (χ1n) is 9.58. The Labute approximate surface area is 180 Å². The number of para-hydroxylation sites is 1. The molecule has 0 saturated heterocycles. The van der Waals surface area contributed by atoms with Gasteiger partial charge in [0.05, 0.1) is 21.3 Å². The number of anilines is 1. The zero-order valence-corrected chi connectivity index (χ0v) is 17.6. The lowest BCUT2D eigenvalue weighted by atomic mass is 10.1. The van der Waals surface area contributed by atoms with Gasteiger partial charge in [0.15, 0.2) is 11.5 Å². The molecule has 3 aromatic rings. The Hall–Kier alpha value is -3.74. The number of hydrogen-bond donors (Lipinski definition) is 1. The summed E-state index contributed by atoms with van der Waals surface area (Å²) in [5.41, 5.74) is 1.92. The minimum absolute atomic E-state index is 0.0242. The summed E-state index contributed by atoms with van der Waals surface area (Å²) in [4.78, 5) is 13.6. The molecule has 3 rings (SSSR count). The van der Waals surface area contributed by atoms with Crippen LogP contribution in [0.3, 0.4) is 0 Å². The monoisotopic (exact) mass is 425 g/mol. The van der Waals surface area contributed by atoms with E-state index in [2.05, 4.69) is 0 Å². The van der Waals surface area contributed by atoms with Crippen molar-refractivity contribution < 1.29 is 28.5 Å². The van der Waals surface area contributed by atoms with E-state index >= 15 is 0 Å². The van der Waals surface area contributed by atoms with Gasteiger partial charge in [-0.3, -0.25) is 0 Å². The van der Waals surface area contributed by atoms with Gasteiger partial charge in [-0.15, -0.1) is 0 Å². The minimum Gasteiger partial charge on any atom is -0.496 e. The van der Waals surface area contributed by atoms with Crippen molar-refractivity contribution in [1.29, 1.82) is 0 Å². The number of benzene rings is 3. The standard InChI is InChI=1S/C24H24FNO5/c1-29-21-12-11-18(13-19(21)24(27)28)26(14-16-7-4-5-9-20(16)25)15-17-8-6-10-22(30-2)23(17)31-3/h4-13H,14-15H2,1-3H3,(H,27,28). The summed E-state index contributed by atoms with van der Waals surface area (Å²) in [6.07, 6.45) is 0. The summed E-state index contributed by atoms with van der Waals surface area (Å²) in [7, 11) is 4.53. The number of halogens is 1. The zero-order chi connectivity index (χ0) is 22.4. The molecule has 0 aliphatic heterocycles. The van der Waals surface area contributed by atoms with Crippen molar-refractivity contribution in [2.24, 2.45) is 0 Å². The van der Waals surface area contributed by atoms with Gasteiger partial charge in [0.1, 0.15) is 17.1 Å². The largest absolute Gasteiger partial charge is 0.496 e. The molecular weight excluding hydrogens is 401 g/mol. The second-order valence-corrected chi connectivity index (χ2v) is 6.79. The summed E-state index contributed by atoms with van der Waals surface area (Å²) < 4.78 is 30.5. The van der Waals surface area contributed by atoms with E-state index in [0.29, 0.717) is 29.3 Å². The van der Waals surface area contributed by atoms with Crippen molar-refractivity contribution in [3.8, 4) is 17.2 Å². The second kappa shape index (κ2) is 9.84. The number of methoxy groups -OCH3 is 3. The van der Waals surface area contributed by atoms with Crippen LogP contribution >= 0.6 is 0 Å². The predicted molar refractivity (Wildman–Crippen MR) is 116 cm³/mol. The van der Waals surface area contributed by atoms with Gasteiger partial charge >= 0.3 is 5.97 Å². The van der Waals surface area contributed by atoms with Crippen LogP contribution in [0.1, 0.15) is 21.5 Å². The Morgan fingerprint density at radius 3 is 2.19 bits per heavy atom. The fourth-order valence-electron chi connectivity index (χ4n) is 3.41. The number of ether oxygens (including phenoxy) is 3. The molecule has 0 saturated carbocycles. The number of carboxylic acids is 1. The number of carbonyl (C=O) groups is 1. The van der Waals surface area contributed by atoms with E-state index in [1.807, 2.05) is 17.0 Å². The highest BCUT2D eigenvalue weighted by molar-refractivity contribution is 5.92. The first kappa shape index (κ1) is 22.0. The Morgan fingerprint density at radius 2 is 1.55 bits per heavy atom. The van der Waals surface area contributed by atoms with Crippen molar-refractivity contribution >= 4 is 11.7 Å². The highest BCUT2D eigenvalue weighted by Gasteiger charge is 2.19. The smallest absolute Gasteiger partial charge is 0.339 e. The molecule has 0 bridgehead atoms. The van der Waals surface area contributed by atoms with Crippen molar-refractivity contribution in [3.63, 3.8) is 0 Å². The Morgan fingerprint density at radius 1 is 0.871 bits per heavy atom. The molecule has 1 N–H and O–H groups in total. The number of aromatic carboxylic acids is 1. The van der Waals surface area contributed by atoms with Crippen LogP contribution < -0.4 is 19.1 Å². The van der Waals surface area contributed by atoms with Crippen molar-refractivity contribution in [3.05, 3.63) is 83.2 Å². The van der Waals surface area contributed by atoms with Crippen LogP contribution in [-0.4, -0.2) is 32.4 Å². The van der Waals surface area contributed by atoms with Crippen LogP contribution in [0, 0.1) is 5.82 Å².